The fourth-order valence-electron chi connectivity index (χ4n) is 4.05. The Balaban J connectivity index is 1.51. The van der Waals surface area contributed by atoms with Gasteiger partial charge in [-0.1, -0.05) is 36.4 Å². The van der Waals surface area contributed by atoms with E-state index >= 15 is 0 Å². The van der Waals surface area contributed by atoms with Gasteiger partial charge < -0.3 is 5.32 Å². The van der Waals surface area contributed by atoms with Crippen molar-refractivity contribution in [1.29, 1.82) is 0 Å². The van der Waals surface area contributed by atoms with Gasteiger partial charge in [-0.05, 0) is 59.0 Å². The van der Waals surface area contributed by atoms with Crippen LogP contribution in [-0.2, 0) is 19.1 Å². The molecular weight excluding hydrogens is 458 g/mol. The molecule has 0 radical (unpaired) electrons. The molecular formula is C25H20F6N2O. The monoisotopic (exact) mass is 478 g/mol. The second-order valence-electron chi connectivity index (χ2n) is 8.13. The molecule has 0 bridgehead atoms. The van der Waals surface area contributed by atoms with E-state index in [1.54, 1.807) is 42.5 Å². The first-order valence-corrected chi connectivity index (χ1v) is 10.5. The molecule has 1 aliphatic heterocycles. The molecule has 0 atom stereocenters. The molecule has 178 valence electrons. The summed E-state index contributed by atoms with van der Waals surface area (Å²) in [5.41, 5.74) is 2.60. The van der Waals surface area contributed by atoms with E-state index in [1.165, 1.54) is 17.0 Å². The Morgan fingerprint density at radius 3 is 2.26 bits per heavy atom. The zero-order chi connectivity index (χ0) is 24.5. The standard InChI is InChI=1S/C25H20F6N2O/c26-24(27,28)15-33-12-11-17-13-20(10-7-18(17)14-33)32-23(34)22-4-2-1-3-21(22)16-5-8-19(9-6-16)25(29,30)31/h1-10,13H,11-12,14-15H2,(H,32,34). The van der Waals surface area contributed by atoms with Gasteiger partial charge in [0.05, 0.1) is 12.1 Å². The number of halogens is 6. The third-order valence-electron chi connectivity index (χ3n) is 5.65. The largest absolute Gasteiger partial charge is 0.416 e. The Hall–Kier alpha value is -3.33. The highest BCUT2D eigenvalue weighted by Crippen LogP contribution is 2.32. The Morgan fingerprint density at radius 1 is 0.882 bits per heavy atom. The number of nitrogens with one attached hydrogen (secondary N) is 1. The highest BCUT2D eigenvalue weighted by Gasteiger charge is 2.32. The zero-order valence-corrected chi connectivity index (χ0v) is 17.8. The van der Waals surface area contributed by atoms with E-state index in [-0.39, 0.29) is 18.7 Å². The fraction of sp³-hybridized carbons (Fsp3) is 0.240. The van der Waals surface area contributed by atoms with Crippen molar-refractivity contribution in [2.75, 3.05) is 18.4 Å². The number of hydrogen-bond donors (Lipinski definition) is 1. The second kappa shape index (κ2) is 9.13. The number of amides is 1. The Labute approximate surface area is 192 Å². The first kappa shape index (κ1) is 23.8. The van der Waals surface area contributed by atoms with Gasteiger partial charge in [0.2, 0.25) is 0 Å². The van der Waals surface area contributed by atoms with Crippen LogP contribution in [0.1, 0.15) is 27.0 Å². The van der Waals surface area contributed by atoms with Gasteiger partial charge in [-0.3, -0.25) is 9.69 Å². The molecule has 1 N–H and O–H groups in total. The third-order valence-corrected chi connectivity index (χ3v) is 5.65. The molecule has 0 aliphatic carbocycles. The van der Waals surface area contributed by atoms with Crippen molar-refractivity contribution in [1.82, 2.24) is 4.90 Å². The Kier molecular flexibility index (Phi) is 6.40. The highest BCUT2D eigenvalue weighted by molar-refractivity contribution is 6.08. The summed E-state index contributed by atoms with van der Waals surface area (Å²) in [5, 5.41) is 2.79. The summed E-state index contributed by atoms with van der Waals surface area (Å²) in [6, 6.07) is 16.2. The summed E-state index contributed by atoms with van der Waals surface area (Å²) >= 11 is 0. The van der Waals surface area contributed by atoms with E-state index in [1.807, 2.05) is 0 Å². The van der Waals surface area contributed by atoms with Crippen molar-refractivity contribution in [3.63, 3.8) is 0 Å². The Bertz CT molecular complexity index is 1190. The minimum atomic E-state index is -4.45. The van der Waals surface area contributed by atoms with Gasteiger partial charge in [-0.2, -0.15) is 26.3 Å². The summed E-state index contributed by atoms with van der Waals surface area (Å²) in [6.45, 7) is -0.522. The number of benzene rings is 3. The van der Waals surface area contributed by atoms with E-state index in [4.69, 9.17) is 0 Å². The molecule has 34 heavy (non-hydrogen) atoms. The van der Waals surface area contributed by atoms with Gasteiger partial charge in [0.25, 0.3) is 5.91 Å². The van der Waals surface area contributed by atoms with Crippen LogP contribution in [-0.4, -0.2) is 30.1 Å². The van der Waals surface area contributed by atoms with Crippen molar-refractivity contribution in [2.24, 2.45) is 0 Å². The number of nitrogens with zero attached hydrogens (tertiary/aromatic N) is 1. The minimum absolute atomic E-state index is 0.180. The van der Waals surface area contributed by atoms with Crippen molar-refractivity contribution in [2.45, 2.75) is 25.3 Å². The first-order chi connectivity index (χ1) is 16.0. The van der Waals surface area contributed by atoms with Crippen LogP contribution >= 0.6 is 0 Å². The summed E-state index contributed by atoms with van der Waals surface area (Å²) in [5.74, 6) is -0.440. The van der Waals surface area contributed by atoms with Crippen LogP contribution in [0.25, 0.3) is 11.1 Å². The summed E-state index contributed by atoms with van der Waals surface area (Å²) in [7, 11) is 0. The van der Waals surface area contributed by atoms with Crippen LogP contribution in [0.3, 0.4) is 0 Å². The minimum Gasteiger partial charge on any atom is -0.322 e. The number of anilines is 1. The number of fused-ring (bicyclic) bond motifs is 1. The maximum Gasteiger partial charge on any atom is 0.416 e. The van der Waals surface area contributed by atoms with Crippen molar-refractivity contribution >= 4 is 11.6 Å². The van der Waals surface area contributed by atoms with Crippen molar-refractivity contribution in [3.8, 4) is 11.1 Å². The van der Waals surface area contributed by atoms with Crippen LogP contribution < -0.4 is 5.32 Å². The molecule has 1 aliphatic rings. The molecule has 0 saturated heterocycles. The predicted octanol–water partition coefficient (Wildman–Crippen LogP) is 6.55. The van der Waals surface area contributed by atoms with Crippen molar-refractivity contribution < 1.29 is 31.1 Å². The lowest BCUT2D eigenvalue weighted by molar-refractivity contribution is -0.147. The van der Waals surface area contributed by atoms with Crippen LogP contribution in [0, 0.1) is 0 Å². The lowest BCUT2D eigenvalue weighted by atomic mass is 9.97. The van der Waals surface area contributed by atoms with E-state index < -0.39 is 30.4 Å². The molecule has 9 heteroatoms. The number of hydrogen-bond acceptors (Lipinski definition) is 2. The van der Waals surface area contributed by atoms with Crippen molar-refractivity contribution in [3.05, 3.63) is 89.0 Å². The van der Waals surface area contributed by atoms with Crippen LogP contribution in [0.2, 0.25) is 0 Å². The van der Waals surface area contributed by atoms with Gasteiger partial charge in [0.1, 0.15) is 0 Å². The number of rotatable bonds is 4. The highest BCUT2D eigenvalue weighted by atomic mass is 19.4. The van der Waals surface area contributed by atoms with E-state index in [0.717, 1.165) is 23.3 Å². The van der Waals surface area contributed by atoms with Gasteiger partial charge in [-0.25, -0.2) is 0 Å². The molecule has 0 fully saturated rings. The second-order valence-corrected chi connectivity index (χ2v) is 8.13. The molecule has 3 aromatic rings. The summed E-state index contributed by atoms with van der Waals surface area (Å²) in [6.07, 6.45) is -8.28. The van der Waals surface area contributed by atoms with Crippen LogP contribution in [0.15, 0.2) is 66.7 Å². The lowest BCUT2D eigenvalue weighted by Gasteiger charge is -2.29. The molecule has 1 heterocycles. The molecule has 0 aromatic heterocycles. The lowest BCUT2D eigenvalue weighted by Crippen LogP contribution is -2.38. The number of carbonyl (C=O) groups is 1. The summed E-state index contributed by atoms with van der Waals surface area (Å²) in [4.78, 5) is 14.3. The summed E-state index contributed by atoms with van der Waals surface area (Å²) < 4.78 is 76.6. The topological polar surface area (TPSA) is 32.3 Å². The number of alkyl halides is 6. The molecule has 4 rings (SSSR count). The maximum absolute atomic E-state index is 13.0. The quantitative estimate of drug-likeness (QED) is 0.432. The molecule has 0 saturated carbocycles. The zero-order valence-electron chi connectivity index (χ0n) is 17.8. The fourth-order valence-corrected chi connectivity index (χ4v) is 4.05. The average Bonchev–Trinajstić information content (AvgIpc) is 2.77. The normalized spacial score (nSPS) is 14.5. The van der Waals surface area contributed by atoms with Gasteiger partial charge in [0.15, 0.2) is 0 Å². The van der Waals surface area contributed by atoms with Gasteiger partial charge in [0, 0.05) is 24.3 Å². The Morgan fingerprint density at radius 2 is 1.59 bits per heavy atom. The van der Waals surface area contributed by atoms with E-state index in [0.29, 0.717) is 23.2 Å². The molecule has 0 unspecified atom stereocenters. The number of carbonyl (C=O) groups excluding carboxylic acids is 1. The van der Waals surface area contributed by atoms with Gasteiger partial charge in [-0.15, -0.1) is 0 Å². The smallest absolute Gasteiger partial charge is 0.322 e. The molecule has 1 amide bonds. The maximum atomic E-state index is 13.0. The average molecular weight is 478 g/mol. The molecule has 3 nitrogen and oxygen atoms in total. The third kappa shape index (κ3) is 5.59. The predicted molar refractivity (Wildman–Crippen MR) is 116 cm³/mol. The molecule has 3 aromatic carbocycles. The SMILES string of the molecule is O=C(Nc1ccc2c(c1)CCN(CC(F)(F)F)C2)c1ccccc1-c1ccc(C(F)(F)F)cc1. The van der Waals surface area contributed by atoms with E-state index in [2.05, 4.69) is 5.32 Å². The van der Waals surface area contributed by atoms with Crippen LogP contribution in [0.4, 0.5) is 32.0 Å². The van der Waals surface area contributed by atoms with Crippen LogP contribution in [0.5, 0.6) is 0 Å². The van der Waals surface area contributed by atoms with E-state index in [9.17, 15) is 31.1 Å². The molecule has 0 spiro atoms. The first-order valence-electron chi connectivity index (χ1n) is 10.5. The van der Waals surface area contributed by atoms with Gasteiger partial charge >= 0.3 is 12.4 Å².